The molecular weight excluding hydrogens is 194 g/mol. The summed E-state index contributed by atoms with van der Waals surface area (Å²) in [6.45, 7) is 1.21. The summed E-state index contributed by atoms with van der Waals surface area (Å²) in [7, 11) is 2.21. The van der Waals surface area contributed by atoms with Gasteiger partial charge in [-0.2, -0.15) is 0 Å². The molecule has 0 radical (unpaired) electrons. The first-order chi connectivity index (χ1) is 6.77. The summed E-state index contributed by atoms with van der Waals surface area (Å²) in [4.78, 5) is 2.44. The Morgan fingerprint density at radius 2 is 2.29 bits per heavy atom. The predicted octanol–water partition coefficient (Wildman–Crippen LogP) is 3.20. The monoisotopic (exact) mass is 207 g/mol. The van der Waals surface area contributed by atoms with E-state index in [1.807, 2.05) is 6.07 Å². The van der Waals surface area contributed by atoms with Crippen LogP contribution in [-0.2, 0) is 0 Å². The molecule has 14 heavy (non-hydrogen) atoms. The van der Waals surface area contributed by atoms with Gasteiger partial charge in [-0.05, 0) is 49.5 Å². The summed E-state index contributed by atoms with van der Waals surface area (Å²) in [6, 6.07) is 6.94. The molecule has 2 atom stereocenters. The van der Waals surface area contributed by atoms with Crippen LogP contribution in [0.25, 0.3) is 0 Å². The van der Waals surface area contributed by atoms with Crippen LogP contribution in [0.5, 0.6) is 0 Å². The van der Waals surface area contributed by atoms with E-state index in [-0.39, 0.29) is 0 Å². The van der Waals surface area contributed by atoms with Gasteiger partial charge in [0.25, 0.3) is 0 Å². The average Bonchev–Trinajstić information content (AvgIpc) is 2.49. The van der Waals surface area contributed by atoms with E-state index in [0.29, 0.717) is 6.04 Å². The van der Waals surface area contributed by atoms with Crippen LogP contribution in [0.2, 0.25) is 5.02 Å². The zero-order valence-corrected chi connectivity index (χ0v) is 9.09. The van der Waals surface area contributed by atoms with E-state index in [1.165, 1.54) is 30.5 Å². The van der Waals surface area contributed by atoms with Crippen LogP contribution in [0, 0.1) is 0 Å². The van der Waals surface area contributed by atoms with Gasteiger partial charge in [0.05, 0.1) is 0 Å². The van der Waals surface area contributed by atoms with Crippen molar-refractivity contribution in [2.24, 2.45) is 0 Å². The second-order valence-electron chi connectivity index (χ2n) is 4.46. The van der Waals surface area contributed by atoms with Gasteiger partial charge in [0, 0.05) is 11.1 Å². The van der Waals surface area contributed by atoms with Crippen molar-refractivity contribution < 1.29 is 0 Å². The number of hydrogen-bond donors (Lipinski definition) is 0. The van der Waals surface area contributed by atoms with E-state index in [9.17, 15) is 0 Å². The third-order valence-electron chi connectivity index (χ3n) is 3.73. The normalized spacial score (nSPS) is 30.4. The highest BCUT2D eigenvalue weighted by Crippen LogP contribution is 2.50. The molecule has 0 spiro atoms. The highest BCUT2D eigenvalue weighted by atomic mass is 35.5. The van der Waals surface area contributed by atoms with Crippen LogP contribution < -0.4 is 0 Å². The molecule has 1 aliphatic heterocycles. The molecule has 0 saturated carbocycles. The third kappa shape index (κ3) is 1.06. The van der Waals surface area contributed by atoms with Crippen LogP contribution in [0.1, 0.15) is 35.9 Å². The topological polar surface area (TPSA) is 3.24 Å². The zero-order chi connectivity index (χ0) is 9.71. The van der Waals surface area contributed by atoms with Crippen molar-refractivity contribution in [1.82, 2.24) is 4.90 Å². The predicted molar refractivity (Wildman–Crippen MR) is 58.8 cm³/mol. The molecule has 2 heteroatoms. The quantitative estimate of drug-likeness (QED) is 0.632. The second-order valence-corrected chi connectivity index (χ2v) is 4.87. The van der Waals surface area contributed by atoms with Crippen LogP contribution in [-0.4, -0.2) is 18.5 Å². The number of likely N-dealkylation sites (tertiary alicyclic amines) is 1. The van der Waals surface area contributed by atoms with Gasteiger partial charge in [-0.25, -0.2) is 0 Å². The molecule has 74 valence electrons. The van der Waals surface area contributed by atoms with E-state index in [1.54, 1.807) is 0 Å². The first-order valence-corrected chi connectivity index (χ1v) is 5.63. The molecule has 3 rings (SSSR count). The highest BCUT2D eigenvalue weighted by molar-refractivity contribution is 6.31. The second kappa shape index (κ2) is 2.98. The van der Waals surface area contributed by atoms with Crippen molar-refractivity contribution in [2.75, 3.05) is 13.6 Å². The molecule has 2 bridgehead atoms. The fourth-order valence-electron chi connectivity index (χ4n) is 2.96. The Hall–Kier alpha value is -0.530. The van der Waals surface area contributed by atoms with Crippen LogP contribution >= 0.6 is 11.6 Å². The number of fused-ring (bicyclic) bond motifs is 5. The first-order valence-electron chi connectivity index (χ1n) is 5.26. The van der Waals surface area contributed by atoms with Crippen LogP contribution in [0.15, 0.2) is 18.2 Å². The Morgan fingerprint density at radius 1 is 1.43 bits per heavy atom. The third-order valence-corrected chi connectivity index (χ3v) is 4.06. The molecule has 1 fully saturated rings. The summed E-state index contributed by atoms with van der Waals surface area (Å²) in [6.07, 6.45) is 2.57. The molecule has 1 nitrogen and oxygen atoms in total. The van der Waals surface area contributed by atoms with Crippen molar-refractivity contribution >= 4 is 11.6 Å². The number of benzene rings is 1. The molecule has 1 aromatic rings. The molecule has 0 aromatic heterocycles. The number of halogens is 1. The Kier molecular flexibility index (Phi) is 1.86. The van der Waals surface area contributed by atoms with Gasteiger partial charge in [-0.1, -0.05) is 23.7 Å². The smallest absolute Gasteiger partial charge is 0.0456 e. The molecular formula is C12H14ClN. The Labute approximate surface area is 89.7 Å². The minimum Gasteiger partial charge on any atom is -0.299 e. The van der Waals surface area contributed by atoms with Gasteiger partial charge in [-0.15, -0.1) is 0 Å². The molecule has 0 amide bonds. The van der Waals surface area contributed by atoms with Gasteiger partial charge in [-0.3, -0.25) is 4.90 Å². The molecule has 1 aliphatic carbocycles. The minimum atomic E-state index is 0.581. The van der Waals surface area contributed by atoms with Crippen molar-refractivity contribution in [3.8, 4) is 0 Å². The molecule has 2 aliphatic rings. The molecule has 0 N–H and O–H groups in total. The van der Waals surface area contributed by atoms with Gasteiger partial charge in [0.1, 0.15) is 0 Å². The molecule has 1 saturated heterocycles. The van der Waals surface area contributed by atoms with E-state index in [0.717, 1.165) is 10.9 Å². The van der Waals surface area contributed by atoms with Crippen molar-refractivity contribution in [3.63, 3.8) is 0 Å². The van der Waals surface area contributed by atoms with Crippen molar-refractivity contribution in [1.29, 1.82) is 0 Å². The standard InChI is InChI=1S/C12H14ClN/c1-14-6-5-8-7-11(14)12-9(8)3-2-4-10(12)13/h2-4,8,11H,5-7H2,1H3. The maximum absolute atomic E-state index is 6.27. The lowest BCUT2D eigenvalue weighted by Crippen LogP contribution is -2.28. The van der Waals surface area contributed by atoms with E-state index in [4.69, 9.17) is 11.6 Å². The van der Waals surface area contributed by atoms with Crippen LogP contribution in [0.4, 0.5) is 0 Å². The van der Waals surface area contributed by atoms with Crippen molar-refractivity contribution in [2.45, 2.75) is 24.8 Å². The summed E-state index contributed by atoms with van der Waals surface area (Å²) >= 11 is 6.27. The molecule has 2 unspecified atom stereocenters. The Balaban J connectivity index is 2.18. The zero-order valence-electron chi connectivity index (χ0n) is 8.33. The van der Waals surface area contributed by atoms with E-state index >= 15 is 0 Å². The Morgan fingerprint density at radius 3 is 3.14 bits per heavy atom. The van der Waals surface area contributed by atoms with Crippen molar-refractivity contribution in [3.05, 3.63) is 34.3 Å². The maximum atomic E-state index is 6.27. The molecule has 1 heterocycles. The summed E-state index contributed by atoms with van der Waals surface area (Å²) in [5.74, 6) is 0.768. The minimum absolute atomic E-state index is 0.581. The number of hydrogen-bond acceptors (Lipinski definition) is 1. The fraction of sp³-hybridized carbons (Fsp3) is 0.500. The fourth-order valence-corrected chi connectivity index (χ4v) is 3.27. The maximum Gasteiger partial charge on any atom is 0.0456 e. The first kappa shape index (κ1) is 8.75. The van der Waals surface area contributed by atoms with Gasteiger partial charge < -0.3 is 0 Å². The van der Waals surface area contributed by atoms with E-state index in [2.05, 4.69) is 24.1 Å². The largest absolute Gasteiger partial charge is 0.299 e. The van der Waals surface area contributed by atoms with Gasteiger partial charge in [0.15, 0.2) is 0 Å². The summed E-state index contributed by atoms with van der Waals surface area (Å²) in [5, 5.41) is 0.962. The summed E-state index contributed by atoms with van der Waals surface area (Å²) < 4.78 is 0. The van der Waals surface area contributed by atoms with Gasteiger partial charge in [0.2, 0.25) is 0 Å². The lowest BCUT2D eigenvalue weighted by Gasteiger charge is -2.30. The SMILES string of the molecule is CN1CCC2CC1c1c(Cl)cccc12. The number of piperidine rings is 1. The average molecular weight is 208 g/mol. The lowest BCUT2D eigenvalue weighted by molar-refractivity contribution is 0.192. The van der Waals surface area contributed by atoms with Crippen LogP contribution in [0.3, 0.4) is 0 Å². The number of rotatable bonds is 0. The lowest BCUT2D eigenvalue weighted by atomic mass is 9.96. The number of nitrogens with zero attached hydrogens (tertiary/aromatic N) is 1. The summed E-state index contributed by atoms with van der Waals surface area (Å²) in [5.41, 5.74) is 2.91. The molecule has 1 aromatic carbocycles. The highest BCUT2D eigenvalue weighted by Gasteiger charge is 2.38. The van der Waals surface area contributed by atoms with E-state index < -0.39 is 0 Å². The van der Waals surface area contributed by atoms with Gasteiger partial charge >= 0.3 is 0 Å². The Bertz CT molecular complexity index is 375.